The molecule has 2 nitrogen and oxygen atoms in total. The van der Waals surface area contributed by atoms with E-state index >= 15 is 0 Å². The molecule has 1 atom stereocenters. The van der Waals surface area contributed by atoms with Gasteiger partial charge in [-0.3, -0.25) is 4.99 Å². The first-order valence-corrected chi connectivity index (χ1v) is 3.91. The molecular weight excluding hydrogens is 148 g/mol. The highest BCUT2D eigenvalue weighted by Crippen LogP contribution is 1.90. The van der Waals surface area contributed by atoms with Crippen molar-refractivity contribution < 1.29 is 0 Å². The van der Waals surface area contributed by atoms with E-state index in [1.165, 1.54) is 0 Å². The molecule has 0 rings (SSSR count). The number of hydrogen-bond acceptors (Lipinski definition) is 2. The molecule has 0 heterocycles. The Morgan fingerprint density at radius 3 is 2.58 bits per heavy atom. The van der Waals surface area contributed by atoms with Gasteiger partial charge in [-0.1, -0.05) is 19.2 Å². The molecule has 12 heavy (non-hydrogen) atoms. The van der Waals surface area contributed by atoms with Crippen molar-refractivity contribution in [3.05, 3.63) is 37.6 Å². The number of aliphatic imine (C=N–C) groups is 1. The number of hydrogen-bond donors (Lipinski definition) is 1. The number of rotatable bonds is 5. The van der Waals surface area contributed by atoms with E-state index in [2.05, 4.69) is 23.5 Å². The lowest BCUT2D eigenvalue weighted by Crippen LogP contribution is -2.29. The predicted octanol–water partition coefficient (Wildman–Crippen LogP) is 1.92. The summed E-state index contributed by atoms with van der Waals surface area (Å²) < 4.78 is 0. The highest BCUT2D eigenvalue weighted by molar-refractivity contribution is 5.98. The molecule has 2 heteroatoms. The van der Waals surface area contributed by atoms with E-state index in [-0.39, 0.29) is 6.04 Å². The first-order valence-electron chi connectivity index (χ1n) is 3.91. The van der Waals surface area contributed by atoms with Crippen molar-refractivity contribution in [1.29, 1.82) is 0 Å². The maximum atomic E-state index is 4.19. The minimum Gasteiger partial charge on any atom is -0.312 e. The zero-order valence-electron chi connectivity index (χ0n) is 7.75. The van der Waals surface area contributed by atoms with Crippen molar-refractivity contribution in [1.82, 2.24) is 5.32 Å². The Labute approximate surface area is 74.4 Å². The van der Waals surface area contributed by atoms with Crippen molar-refractivity contribution in [2.75, 3.05) is 7.05 Å². The van der Waals surface area contributed by atoms with Crippen LogP contribution in [0.4, 0.5) is 0 Å². The van der Waals surface area contributed by atoms with Crippen LogP contribution in [0.2, 0.25) is 0 Å². The van der Waals surface area contributed by atoms with Crippen molar-refractivity contribution in [3.63, 3.8) is 0 Å². The molecule has 0 aromatic carbocycles. The maximum absolute atomic E-state index is 4.19. The van der Waals surface area contributed by atoms with Crippen molar-refractivity contribution in [3.8, 4) is 0 Å². The molecule has 0 saturated carbocycles. The van der Waals surface area contributed by atoms with Crippen LogP contribution in [0.1, 0.15) is 6.92 Å². The average molecular weight is 164 g/mol. The molecule has 0 spiro atoms. The first kappa shape index (κ1) is 10.8. The second kappa shape index (κ2) is 6.55. The lowest BCUT2D eigenvalue weighted by atomic mass is 10.2. The van der Waals surface area contributed by atoms with Crippen LogP contribution in [0.15, 0.2) is 42.6 Å². The second-order valence-corrected chi connectivity index (χ2v) is 2.35. The Hall–Kier alpha value is -1.15. The summed E-state index contributed by atoms with van der Waals surface area (Å²) in [7, 11) is 1.89. The summed E-state index contributed by atoms with van der Waals surface area (Å²) in [5.41, 5.74) is 0.926. The maximum Gasteiger partial charge on any atom is 0.0564 e. The molecule has 0 aliphatic carbocycles. The van der Waals surface area contributed by atoms with Gasteiger partial charge in [0, 0.05) is 12.2 Å². The largest absolute Gasteiger partial charge is 0.312 e. The van der Waals surface area contributed by atoms with Gasteiger partial charge in [-0.05, 0) is 26.1 Å². The summed E-state index contributed by atoms with van der Waals surface area (Å²) in [5.74, 6) is 0. The molecule has 1 unspecified atom stereocenters. The molecule has 0 radical (unpaired) electrons. The zero-order chi connectivity index (χ0) is 9.40. The molecular formula is C10H16N2. The van der Waals surface area contributed by atoms with Crippen molar-refractivity contribution >= 4 is 5.71 Å². The molecule has 0 aliphatic rings. The van der Waals surface area contributed by atoms with Gasteiger partial charge in [0.2, 0.25) is 0 Å². The monoisotopic (exact) mass is 164 g/mol. The van der Waals surface area contributed by atoms with Gasteiger partial charge in [0.15, 0.2) is 0 Å². The van der Waals surface area contributed by atoms with Crippen LogP contribution in [0.3, 0.4) is 0 Å². The summed E-state index contributed by atoms with van der Waals surface area (Å²) in [6, 6.07) is 0.233. The quantitative estimate of drug-likeness (QED) is 0.487. The number of nitrogens with one attached hydrogen (secondary N) is 1. The molecule has 0 fully saturated rings. The van der Waals surface area contributed by atoms with Crippen LogP contribution in [0, 0.1) is 0 Å². The Morgan fingerprint density at radius 2 is 2.17 bits per heavy atom. The van der Waals surface area contributed by atoms with E-state index in [1.54, 1.807) is 24.4 Å². The predicted molar refractivity (Wildman–Crippen MR) is 55.5 cm³/mol. The topological polar surface area (TPSA) is 24.4 Å². The van der Waals surface area contributed by atoms with Gasteiger partial charge in [0.1, 0.15) is 0 Å². The van der Waals surface area contributed by atoms with Crippen molar-refractivity contribution in [2.45, 2.75) is 13.0 Å². The first-order chi connectivity index (χ1) is 5.76. The lowest BCUT2D eigenvalue weighted by Gasteiger charge is -2.08. The van der Waals surface area contributed by atoms with Gasteiger partial charge < -0.3 is 5.32 Å². The van der Waals surface area contributed by atoms with Gasteiger partial charge in [0.05, 0.1) is 5.71 Å². The normalized spacial score (nSPS) is 14.7. The number of nitrogens with zero attached hydrogens (tertiary/aromatic N) is 1. The Balaban J connectivity index is 4.31. The van der Waals surface area contributed by atoms with E-state index in [9.17, 15) is 0 Å². The highest BCUT2D eigenvalue weighted by Gasteiger charge is 2.01. The summed E-state index contributed by atoms with van der Waals surface area (Å²) in [6.07, 6.45) is 6.92. The third-order valence-corrected chi connectivity index (χ3v) is 1.53. The highest BCUT2D eigenvalue weighted by atomic mass is 14.9. The van der Waals surface area contributed by atoms with Gasteiger partial charge in [-0.25, -0.2) is 0 Å². The molecule has 0 aliphatic heterocycles. The molecule has 0 aromatic rings. The molecule has 66 valence electrons. The van der Waals surface area contributed by atoms with E-state index in [0.29, 0.717) is 0 Å². The zero-order valence-corrected chi connectivity index (χ0v) is 7.75. The smallest absolute Gasteiger partial charge is 0.0564 e. The van der Waals surface area contributed by atoms with Gasteiger partial charge in [-0.15, -0.1) is 0 Å². The summed E-state index contributed by atoms with van der Waals surface area (Å²) in [4.78, 5) is 4.19. The fraction of sp³-hybridized carbons (Fsp3) is 0.300. The summed E-state index contributed by atoms with van der Waals surface area (Å²) in [5, 5.41) is 3.08. The lowest BCUT2D eigenvalue weighted by molar-refractivity contribution is 0.765. The van der Waals surface area contributed by atoms with E-state index < -0.39 is 0 Å². The summed E-state index contributed by atoms with van der Waals surface area (Å²) >= 11 is 0. The van der Waals surface area contributed by atoms with Crippen LogP contribution < -0.4 is 5.32 Å². The Morgan fingerprint density at radius 1 is 1.50 bits per heavy atom. The van der Waals surface area contributed by atoms with Crippen LogP contribution in [0.5, 0.6) is 0 Å². The van der Waals surface area contributed by atoms with Gasteiger partial charge in [0.25, 0.3) is 0 Å². The Kier molecular flexibility index (Phi) is 5.93. The van der Waals surface area contributed by atoms with Crippen LogP contribution in [0.25, 0.3) is 0 Å². The third kappa shape index (κ3) is 3.88. The van der Waals surface area contributed by atoms with Crippen molar-refractivity contribution in [2.24, 2.45) is 4.99 Å². The minimum atomic E-state index is 0.233. The third-order valence-electron chi connectivity index (χ3n) is 1.53. The van der Waals surface area contributed by atoms with E-state index in [4.69, 9.17) is 0 Å². The molecule has 0 bridgehead atoms. The van der Waals surface area contributed by atoms with Crippen LogP contribution in [-0.4, -0.2) is 18.8 Å². The molecule has 0 aromatic heterocycles. The molecule has 1 N–H and O–H groups in total. The summed E-state index contributed by atoms with van der Waals surface area (Å²) in [6.45, 7) is 9.26. The van der Waals surface area contributed by atoms with E-state index in [1.807, 2.05) is 14.0 Å². The number of allylic oxidation sites excluding steroid dienone is 2. The fourth-order valence-corrected chi connectivity index (χ4v) is 0.679. The average Bonchev–Trinajstić information content (AvgIpc) is 2.11. The Bertz CT molecular complexity index is 202. The molecule has 0 amide bonds. The van der Waals surface area contributed by atoms with E-state index in [0.717, 1.165) is 5.71 Å². The SMILES string of the molecule is C=C/C=C\N=C(/C=C)C(C)NC. The van der Waals surface area contributed by atoms with Gasteiger partial charge >= 0.3 is 0 Å². The standard InChI is InChI=1S/C10H16N2/c1-5-7-8-12-10(6-2)9(3)11-4/h5-9,11H,1-2H2,3-4H3/b8-7-,12-10+. The van der Waals surface area contributed by atoms with Crippen LogP contribution >= 0.6 is 0 Å². The molecule has 0 saturated heterocycles. The van der Waals surface area contributed by atoms with Gasteiger partial charge in [-0.2, -0.15) is 0 Å². The van der Waals surface area contributed by atoms with Crippen LogP contribution in [-0.2, 0) is 0 Å². The fourth-order valence-electron chi connectivity index (χ4n) is 0.679. The minimum absolute atomic E-state index is 0.233. The second-order valence-electron chi connectivity index (χ2n) is 2.35.